The smallest absolute Gasteiger partial charge is 0.419 e. The molecule has 1 amide bonds. The first-order valence-electron chi connectivity index (χ1n) is 8.05. The number of nitrogens with one attached hydrogen (secondary N) is 2. The molecule has 0 aliphatic rings. The molecule has 2 rings (SSSR count). The zero-order valence-electron chi connectivity index (χ0n) is 15.2. The normalized spacial score (nSPS) is 13.1. The fraction of sp³-hybridized carbons (Fsp3) is 0.533. The van der Waals surface area contributed by atoms with Gasteiger partial charge in [0.1, 0.15) is 10.9 Å². The lowest BCUT2D eigenvalue weighted by Gasteiger charge is -2.19. The van der Waals surface area contributed by atoms with Crippen LogP contribution in [0.15, 0.2) is 9.59 Å². The van der Waals surface area contributed by atoms with Gasteiger partial charge >= 0.3 is 18.0 Å². The lowest BCUT2D eigenvalue weighted by Crippen LogP contribution is -2.45. The minimum absolute atomic E-state index is 0.00971. The quantitative estimate of drug-likeness (QED) is 0.582. The fourth-order valence-electron chi connectivity index (χ4n) is 2.65. The van der Waals surface area contributed by atoms with Gasteiger partial charge in [0.2, 0.25) is 0 Å². The third-order valence-corrected chi connectivity index (χ3v) is 5.48. The highest BCUT2D eigenvalue weighted by molar-refractivity contribution is 7.18. The molecule has 9 nitrogen and oxygen atoms in total. The van der Waals surface area contributed by atoms with Crippen molar-refractivity contribution in [3.05, 3.63) is 31.3 Å². The average Bonchev–Trinajstić information content (AvgIpc) is 2.90. The second-order valence-corrected chi connectivity index (χ2v) is 7.02. The van der Waals surface area contributed by atoms with E-state index in [9.17, 15) is 27.6 Å². The van der Waals surface area contributed by atoms with Crippen LogP contribution >= 0.6 is 11.3 Å². The van der Waals surface area contributed by atoms with E-state index >= 15 is 0 Å². The molecule has 2 heterocycles. The van der Waals surface area contributed by atoms with Gasteiger partial charge in [-0.25, -0.2) is 19.6 Å². The minimum atomic E-state index is -4.78. The zero-order chi connectivity index (χ0) is 21.2. The first-order valence-corrected chi connectivity index (χ1v) is 8.87. The second kappa shape index (κ2) is 8.32. The standard InChI is InChI=1S/C15H19F3N4O5S/c1-7-9(6-19-20-13(24)25)28-12-10(7)11(23)22(8(2)15(16,17)18)14(26)21(12)4-5-27-3/h8,19-20H,4-6H2,1-3H3,(H,24,25). The van der Waals surface area contributed by atoms with Gasteiger partial charge in [-0.2, -0.15) is 13.2 Å². The van der Waals surface area contributed by atoms with Crippen LogP contribution in [-0.2, 0) is 17.8 Å². The molecular formula is C15H19F3N4O5S. The van der Waals surface area contributed by atoms with Gasteiger partial charge in [0.05, 0.1) is 18.5 Å². The number of aromatic nitrogens is 2. The number of alkyl halides is 3. The van der Waals surface area contributed by atoms with Crippen LogP contribution in [0.1, 0.15) is 23.4 Å². The van der Waals surface area contributed by atoms with Crippen LogP contribution in [-0.4, -0.2) is 40.2 Å². The molecule has 1 atom stereocenters. The molecule has 0 spiro atoms. The molecule has 28 heavy (non-hydrogen) atoms. The summed E-state index contributed by atoms with van der Waals surface area (Å²) < 4.78 is 45.9. The number of carboxylic acid groups (broad SMARTS) is 1. The molecule has 3 N–H and O–H groups in total. The van der Waals surface area contributed by atoms with Crippen molar-refractivity contribution in [2.24, 2.45) is 0 Å². The molecule has 2 aromatic heterocycles. The number of rotatable bonds is 7. The van der Waals surface area contributed by atoms with Gasteiger partial charge in [-0.05, 0) is 19.4 Å². The van der Waals surface area contributed by atoms with Crippen molar-refractivity contribution in [2.75, 3.05) is 13.7 Å². The van der Waals surface area contributed by atoms with Gasteiger partial charge in [0.15, 0.2) is 0 Å². The number of carbonyl (C=O) groups is 1. The van der Waals surface area contributed by atoms with Crippen molar-refractivity contribution in [1.82, 2.24) is 20.0 Å². The largest absolute Gasteiger partial charge is 0.464 e. The third-order valence-electron chi connectivity index (χ3n) is 4.17. The van der Waals surface area contributed by atoms with E-state index in [1.165, 1.54) is 14.0 Å². The van der Waals surface area contributed by atoms with Gasteiger partial charge in [-0.15, -0.1) is 11.3 Å². The topological polar surface area (TPSA) is 115 Å². The van der Waals surface area contributed by atoms with Gasteiger partial charge in [-0.3, -0.25) is 14.8 Å². The summed E-state index contributed by atoms with van der Waals surface area (Å²) in [5, 5.41) is 8.60. The Morgan fingerprint density at radius 1 is 1.36 bits per heavy atom. The van der Waals surface area contributed by atoms with Crippen LogP contribution in [0.2, 0.25) is 0 Å². The number of ether oxygens (including phenoxy) is 1. The lowest BCUT2D eigenvalue weighted by atomic mass is 10.2. The van der Waals surface area contributed by atoms with E-state index < -0.39 is 29.6 Å². The molecule has 0 saturated heterocycles. The maximum absolute atomic E-state index is 13.2. The Balaban J connectivity index is 2.73. The van der Waals surface area contributed by atoms with Crippen LogP contribution in [0.25, 0.3) is 10.2 Å². The van der Waals surface area contributed by atoms with E-state index in [1.54, 1.807) is 0 Å². The predicted octanol–water partition coefficient (Wildman–Crippen LogP) is 1.58. The van der Waals surface area contributed by atoms with Crippen LogP contribution in [0.5, 0.6) is 0 Å². The number of thiophene rings is 1. The first kappa shape index (κ1) is 21.9. The van der Waals surface area contributed by atoms with E-state index in [2.05, 4.69) is 5.43 Å². The van der Waals surface area contributed by atoms with Gasteiger partial charge < -0.3 is 9.84 Å². The highest BCUT2D eigenvalue weighted by atomic mass is 32.1. The van der Waals surface area contributed by atoms with Gasteiger partial charge in [0, 0.05) is 18.5 Å². The molecule has 0 radical (unpaired) electrons. The number of hydrogen-bond acceptors (Lipinski definition) is 6. The summed E-state index contributed by atoms with van der Waals surface area (Å²) in [6, 6.07) is -2.31. The van der Waals surface area contributed by atoms with Crippen LogP contribution in [0, 0.1) is 6.92 Å². The van der Waals surface area contributed by atoms with Crippen molar-refractivity contribution in [1.29, 1.82) is 0 Å². The average molecular weight is 424 g/mol. The summed E-state index contributed by atoms with van der Waals surface area (Å²) in [4.78, 5) is 36.7. The Kier molecular flexibility index (Phi) is 6.52. The van der Waals surface area contributed by atoms with Gasteiger partial charge in [0.25, 0.3) is 5.56 Å². The third kappa shape index (κ3) is 4.20. The number of halogens is 3. The molecule has 0 bridgehead atoms. The number of aryl methyl sites for hydroxylation is 1. The van der Waals surface area contributed by atoms with E-state index in [0.717, 1.165) is 22.8 Å². The Labute approximate surface area is 160 Å². The highest BCUT2D eigenvalue weighted by Crippen LogP contribution is 2.31. The van der Waals surface area contributed by atoms with Gasteiger partial charge in [-0.1, -0.05) is 0 Å². The summed E-state index contributed by atoms with van der Waals surface area (Å²) >= 11 is 1.03. The van der Waals surface area contributed by atoms with E-state index in [0.29, 0.717) is 10.4 Å². The van der Waals surface area contributed by atoms with E-state index in [1.807, 2.05) is 5.43 Å². The maximum atomic E-state index is 13.2. The Hall–Kier alpha value is -2.38. The monoisotopic (exact) mass is 424 g/mol. The molecule has 156 valence electrons. The number of amides is 1. The van der Waals surface area contributed by atoms with Crippen molar-refractivity contribution in [3.63, 3.8) is 0 Å². The molecule has 0 saturated carbocycles. The van der Waals surface area contributed by atoms with E-state index in [-0.39, 0.29) is 34.5 Å². The number of fused-ring (bicyclic) bond motifs is 1. The molecule has 13 heteroatoms. The summed E-state index contributed by atoms with van der Waals surface area (Å²) in [6.07, 6.45) is -6.10. The number of hydrogen-bond donors (Lipinski definition) is 3. The first-order chi connectivity index (χ1) is 13.0. The van der Waals surface area contributed by atoms with Crippen molar-refractivity contribution in [2.45, 2.75) is 39.2 Å². The zero-order valence-corrected chi connectivity index (χ0v) is 16.0. The summed E-state index contributed by atoms with van der Waals surface area (Å²) in [5.74, 6) is 0. The molecule has 0 aromatic carbocycles. The molecule has 0 fully saturated rings. The number of nitrogens with zero attached hydrogens (tertiary/aromatic N) is 2. The molecule has 0 aliphatic heterocycles. The molecule has 0 aliphatic carbocycles. The van der Waals surface area contributed by atoms with Crippen LogP contribution in [0.3, 0.4) is 0 Å². The fourth-order valence-corrected chi connectivity index (χ4v) is 3.90. The summed E-state index contributed by atoms with van der Waals surface area (Å²) in [6.45, 7) is 2.28. The number of methoxy groups -OCH3 is 1. The highest BCUT2D eigenvalue weighted by Gasteiger charge is 2.40. The molecule has 1 unspecified atom stereocenters. The minimum Gasteiger partial charge on any atom is -0.464 e. The summed E-state index contributed by atoms with van der Waals surface area (Å²) in [7, 11) is 1.38. The Morgan fingerprint density at radius 2 is 2.00 bits per heavy atom. The van der Waals surface area contributed by atoms with Crippen LogP contribution < -0.4 is 22.1 Å². The predicted molar refractivity (Wildman–Crippen MR) is 95.7 cm³/mol. The number of hydrazine groups is 1. The van der Waals surface area contributed by atoms with Crippen molar-refractivity contribution in [3.8, 4) is 0 Å². The van der Waals surface area contributed by atoms with E-state index in [4.69, 9.17) is 9.84 Å². The molecular weight excluding hydrogens is 405 g/mol. The summed E-state index contributed by atoms with van der Waals surface area (Å²) in [5.41, 5.74) is 2.62. The second-order valence-electron chi connectivity index (χ2n) is 5.93. The SMILES string of the molecule is COCCn1c(=O)n(C(C)C(F)(F)F)c(=O)c2c(C)c(CNNC(=O)O)sc21. The van der Waals surface area contributed by atoms with Crippen LogP contribution in [0.4, 0.5) is 18.0 Å². The Morgan fingerprint density at radius 3 is 2.54 bits per heavy atom. The molecule has 2 aromatic rings. The van der Waals surface area contributed by atoms with Crippen molar-refractivity contribution >= 4 is 27.6 Å². The maximum Gasteiger partial charge on any atom is 0.419 e. The lowest BCUT2D eigenvalue weighted by molar-refractivity contribution is -0.164. The van der Waals surface area contributed by atoms with Crippen molar-refractivity contribution < 1.29 is 27.8 Å². The Bertz CT molecular complexity index is 995.